The van der Waals surface area contributed by atoms with E-state index in [-0.39, 0.29) is 22.5 Å². The second-order valence-electron chi connectivity index (χ2n) is 6.63. The molecule has 1 aliphatic rings. The summed E-state index contributed by atoms with van der Waals surface area (Å²) in [6.07, 6.45) is 2.32. The van der Waals surface area contributed by atoms with Crippen molar-refractivity contribution in [1.82, 2.24) is 0 Å². The van der Waals surface area contributed by atoms with Gasteiger partial charge < -0.3 is 8.92 Å². The average molecular weight is 380 g/mol. The average Bonchev–Trinajstić information content (AvgIpc) is 2.84. The maximum Gasteiger partial charge on any atom is 0.534 e. The van der Waals surface area contributed by atoms with Crippen LogP contribution in [0.25, 0.3) is 0 Å². The van der Waals surface area contributed by atoms with Gasteiger partial charge in [0, 0.05) is 5.56 Å². The van der Waals surface area contributed by atoms with E-state index in [1.807, 2.05) is 13.8 Å². The van der Waals surface area contributed by atoms with Crippen LogP contribution in [0.4, 0.5) is 13.2 Å². The van der Waals surface area contributed by atoms with Crippen LogP contribution in [0.1, 0.15) is 54.9 Å². The highest BCUT2D eigenvalue weighted by atomic mass is 32.2. The molecule has 9 heteroatoms. The van der Waals surface area contributed by atoms with E-state index in [9.17, 15) is 26.4 Å². The molecule has 0 unspecified atom stereocenters. The molecule has 0 amide bonds. The number of carbonyl (C=O) groups excluding carboxylic acids is 1. The van der Waals surface area contributed by atoms with Crippen molar-refractivity contribution in [3.8, 4) is 5.75 Å². The molecule has 5 nitrogen and oxygen atoms in total. The third-order valence-corrected chi connectivity index (χ3v) is 5.51. The van der Waals surface area contributed by atoms with Crippen LogP contribution >= 0.6 is 0 Å². The quantitative estimate of drug-likeness (QED) is 0.449. The number of halogens is 3. The number of ether oxygens (including phenoxy) is 1. The predicted octanol–water partition coefficient (Wildman–Crippen LogP) is 4.00. The van der Waals surface area contributed by atoms with Crippen LogP contribution in [0, 0.1) is 5.41 Å². The number of carbonyl (C=O) groups is 1. The third-order valence-electron chi connectivity index (χ3n) is 4.56. The van der Waals surface area contributed by atoms with Crippen LogP contribution in [0.15, 0.2) is 18.2 Å². The lowest BCUT2D eigenvalue weighted by molar-refractivity contribution is -0.0500. The fourth-order valence-corrected chi connectivity index (χ4v) is 3.75. The largest absolute Gasteiger partial charge is 0.534 e. The maximum atomic E-state index is 12.8. The normalized spacial score (nSPS) is 20.3. The van der Waals surface area contributed by atoms with Gasteiger partial charge >= 0.3 is 21.6 Å². The SMILES string of the molecule is COC(=O)c1cccc([C@H]2CCCC2(C)C)c1OS(=O)(=O)C(F)(F)F. The van der Waals surface area contributed by atoms with Gasteiger partial charge in [-0.3, -0.25) is 0 Å². The summed E-state index contributed by atoms with van der Waals surface area (Å²) in [6.45, 7) is 3.88. The van der Waals surface area contributed by atoms with Crippen LogP contribution in [0.2, 0.25) is 0 Å². The minimum atomic E-state index is -5.91. The molecule has 140 valence electrons. The summed E-state index contributed by atoms with van der Waals surface area (Å²) in [4.78, 5) is 11.9. The van der Waals surface area contributed by atoms with Crippen molar-refractivity contribution in [2.24, 2.45) is 5.41 Å². The summed E-state index contributed by atoms with van der Waals surface area (Å²) in [7, 11) is -4.86. The molecule has 1 saturated carbocycles. The summed E-state index contributed by atoms with van der Waals surface area (Å²) in [5.74, 6) is -1.81. The van der Waals surface area contributed by atoms with Gasteiger partial charge in [0.25, 0.3) is 0 Å². The lowest BCUT2D eigenvalue weighted by atomic mass is 9.77. The Bertz CT molecular complexity index is 768. The topological polar surface area (TPSA) is 69.7 Å². The zero-order chi connectivity index (χ0) is 19.0. The molecule has 1 atom stereocenters. The van der Waals surface area contributed by atoms with E-state index in [0.29, 0.717) is 6.42 Å². The molecule has 1 aromatic carbocycles. The van der Waals surface area contributed by atoms with Crippen molar-refractivity contribution < 1.29 is 35.3 Å². The summed E-state index contributed by atoms with van der Waals surface area (Å²) >= 11 is 0. The molecule has 0 aliphatic heterocycles. The third kappa shape index (κ3) is 3.75. The molecule has 1 fully saturated rings. The first-order valence-corrected chi connectivity index (χ1v) is 9.03. The Morgan fingerprint density at radius 3 is 2.40 bits per heavy atom. The van der Waals surface area contributed by atoms with Gasteiger partial charge in [-0.05, 0) is 30.2 Å². The number of methoxy groups -OCH3 is 1. The van der Waals surface area contributed by atoms with Gasteiger partial charge in [-0.15, -0.1) is 0 Å². The molecular formula is C16H19F3O5S. The molecule has 0 radical (unpaired) electrons. The van der Waals surface area contributed by atoms with Crippen molar-refractivity contribution in [2.75, 3.05) is 7.11 Å². The number of hydrogen-bond acceptors (Lipinski definition) is 5. The molecule has 1 aromatic rings. The van der Waals surface area contributed by atoms with Crippen molar-refractivity contribution >= 4 is 16.1 Å². The maximum absolute atomic E-state index is 12.8. The Morgan fingerprint density at radius 2 is 1.92 bits per heavy atom. The molecular weight excluding hydrogens is 361 g/mol. The minimum Gasteiger partial charge on any atom is -0.465 e. The molecule has 0 heterocycles. The minimum absolute atomic E-state index is 0.240. The van der Waals surface area contributed by atoms with Gasteiger partial charge in [-0.1, -0.05) is 32.4 Å². The molecule has 1 aliphatic carbocycles. The van der Waals surface area contributed by atoms with E-state index in [0.717, 1.165) is 20.0 Å². The number of hydrogen-bond donors (Lipinski definition) is 0. The van der Waals surface area contributed by atoms with Crippen LogP contribution in [0.3, 0.4) is 0 Å². The first-order chi connectivity index (χ1) is 11.4. The highest BCUT2D eigenvalue weighted by Crippen LogP contribution is 2.52. The lowest BCUT2D eigenvalue weighted by Crippen LogP contribution is -2.29. The smallest absolute Gasteiger partial charge is 0.465 e. The summed E-state index contributed by atoms with van der Waals surface area (Å²) in [5.41, 5.74) is -5.96. The molecule has 2 rings (SSSR count). The molecule has 0 N–H and O–H groups in total. The standard InChI is InChI=1S/C16H19F3O5S/c1-15(2)9-5-8-12(15)10-6-4-7-11(14(20)23-3)13(10)24-25(21,22)16(17,18)19/h4,6-7,12H,5,8-9H2,1-3H3/t12-/m1/s1. The summed E-state index contributed by atoms with van der Waals surface area (Å²) < 4.78 is 70.3. The van der Waals surface area contributed by atoms with Crippen molar-refractivity contribution in [2.45, 2.75) is 44.5 Å². The predicted molar refractivity (Wildman–Crippen MR) is 83.8 cm³/mol. The van der Waals surface area contributed by atoms with Crippen molar-refractivity contribution in [3.63, 3.8) is 0 Å². The Morgan fingerprint density at radius 1 is 1.28 bits per heavy atom. The highest BCUT2D eigenvalue weighted by molar-refractivity contribution is 7.88. The first kappa shape index (κ1) is 19.6. The van der Waals surface area contributed by atoms with Crippen LogP contribution in [-0.4, -0.2) is 27.0 Å². The molecule has 0 bridgehead atoms. The van der Waals surface area contributed by atoms with Gasteiger partial charge in [0.15, 0.2) is 5.75 Å². The summed E-state index contributed by atoms with van der Waals surface area (Å²) in [5, 5.41) is 0. The molecule has 25 heavy (non-hydrogen) atoms. The van der Waals surface area contributed by atoms with Crippen molar-refractivity contribution in [1.29, 1.82) is 0 Å². The number of para-hydroxylation sites is 1. The van der Waals surface area contributed by atoms with E-state index in [4.69, 9.17) is 0 Å². The number of rotatable bonds is 4. The second kappa shape index (κ2) is 6.51. The monoisotopic (exact) mass is 380 g/mol. The van der Waals surface area contributed by atoms with Crippen LogP contribution in [-0.2, 0) is 14.9 Å². The highest BCUT2D eigenvalue weighted by Gasteiger charge is 2.50. The zero-order valence-corrected chi connectivity index (χ0v) is 14.8. The number of esters is 1. The number of alkyl halides is 3. The molecule has 0 saturated heterocycles. The van der Waals surface area contributed by atoms with Crippen molar-refractivity contribution in [3.05, 3.63) is 29.3 Å². The second-order valence-corrected chi connectivity index (χ2v) is 8.17. The van der Waals surface area contributed by atoms with E-state index < -0.39 is 27.3 Å². The summed E-state index contributed by atoms with van der Waals surface area (Å²) in [6, 6.07) is 4.15. The molecule has 0 aromatic heterocycles. The number of benzene rings is 1. The Hall–Kier alpha value is -1.77. The van der Waals surface area contributed by atoms with Gasteiger partial charge in [0.2, 0.25) is 0 Å². The van der Waals surface area contributed by atoms with Crippen LogP contribution < -0.4 is 4.18 Å². The molecule has 0 spiro atoms. The van der Waals surface area contributed by atoms with Gasteiger partial charge in [0.1, 0.15) is 5.56 Å². The fraction of sp³-hybridized carbons (Fsp3) is 0.562. The Kier molecular flexibility index (Phi) is 5.09. The Balaban J connectivity index is 2.64. The lowest BCUT2D eigenvalue weighted by Gasteiger charge is -2.29. The fourth-order valence-electron chi connectivity index (χ4n) is 3.25. The van der Waals surface area contributed by atoms with Gasteiger partial charge in [-0.25, -0.2) is 4.79 Å². The van der Waals surface area contributed by atoms with E-state index >= 15 is 0 Å². The first-order valence-electron chi connectivity index (χ1n) is 7.62. The van der Waals surface area contributed by atoms with E-state index in [2.05, 4.69) is 8.92 Å². The van der Waals surface area contributed by atoms with E-state index in [1.54, 1.807) is 0 Å². The van der Waals surface area contributed by atoms with Gasteiger partial charge in [-0.2, -0.15) is 21.6 Å². The van der Waals surface area contributed by atoms with Gasteiger partial charge in [0.05, 0.1) is 7.11 Å². The zero-order valence-electron chi connectivity index (χ0n) is 14.0. The van der Waals surface area contributed by atoms with E-state index in [1.165, 1.54) is 18.2 Å². The Labute approximate surface area is 144 Å². The van der Waals surface area contributed by atoms with Crippen LogP contribution in [0.5, 0.6) is 5.75 Å².